The maximum atomic E-state index is 11.0. The molecule has 0 unspecified atom stereocenters. The normalized spacial score (nSPS) is 11.4. The lowest BCUT2D eigenvalue weighted by Crippen LogP contribution is -2.10. The molecule has 8 heteroatoms. The molecule has 0 N–H and O–H groups in total. The van der Waals surface area contributed by atoms with E-state index in [2.05, 4.69) is 43.1 Å². The van der Waals surface area contributed by atoms with Gasteiger partial charge < -0.3 is 9.15 Å². The lowest BCUT2D eigenvalue weighted by molar-refractivity contribution is -0.384. The molecule has 7 nitrogen and oxygen atoms in total. The minimum absolute atomic E-state index is 0.0153. The van der Waals surface area contributed by atoms with E-state index in [1.54, 1.807) is 6.07 Å². The number of hydrogen-bond donors (Lipinski definition) is 0. The Morgan fingerprint density at radius 1 is 1.14 bits per heavy atom. The van der Waals surface area contributed by atoms with E-state index < -0.39 is 4.92 Å². The molecular formula is C20H21N3O4S. The van der Waals surface area contributed by atoms with E-state index in [9.17, 15) is 10.1 Å². The van der Waals surface area contributed by atoms with Crippen LogP contribution in [0, 0.1) is 10.1 Å². The van der Waals surface area contributed by atoms with Gasteiger partial charge >= 0.3 is 0 Å². The maximum Gasteiger partial charge on any atom is 0.277 e. The fourth-order valence-electron chi connectivity index (χ4n) is 2.63. The molecule has 0 aliphatic heterocycles. The maximum absolute atomic E-state index is 11.0. The number of thioether (sulfide) groups is 1. The fraction of sp³-hybridized carbons (Fsp3) is 0.300. The Labute approximate surface area is 167 Å². The first-order valence-electron chi connectivity index (χ1n) is 8.66. The van der Waals surface area contributed by atoms with Crippen molar-refractivity contribution in [2.24, 2.45) is 0 Å². The molecule has 1 heterocycles. The molecule has 146 valence electrons. The molecule has 0 aliphatic rings. The third-order valence-electron chi connectivity index (χ3n) is 4.23. The smallest absolute Gasteiger partial charge is 0.277 e. The second-order valence-corrected chi connectivity index (χ2v) is 8.17. The van der Waals surface area contributed by atoms with Gasteiger partial charge in [0.1, 0.15) is 5.75 Å². The Morgan fingerprint density at radius 3 is 2.46 bits per heavy atom. The van der Waals surface area contributed by atoms with Gasteiger partial charge in [-0.05, 0) is 29.2 Å². The minimum Gasteiger partial charge on any atom is -0.496 e. The molecule has 0 atom stereocenters. The van der Waals surface area contributed by atoms with Crippen molar-refractivity contribution in [2.75, 3.05) is 7.11 Å². The zero-order valence-electron chi connectivity index (χ0n) is 16.1. The summed E-state index contributed by atoms with van der Waals surface area (Å²) in [5.41, 5.74) is 2.85. The summed E-state index contributed by atoms with van der Waals surface area (Å²) in [4.78, 5) is 10.6. The van der Waals surface area contributed by atoms with Gasteiger partial charge in [0, 0.05) is 29.0 Å². The number of nitrogens with zero attached hydrogens (tertiary/aromatic N) is 3. The van der Waals surface area contributed by atoms with E-state index in [1.165, 1.54) is 36.6 Å². The highest BCUT2D eigenvalue weighted by atomic mass is 32.2. The molecule has 0 bridgehead atoms. The minimum atomic E-state index is -0.431. The van der Waals surface area contributed by atoms with Crippen molar-refractivity contribution in [3.05, 3.63) is 63.7 Å². The van der Waals surface area contributed by atoms with Crippen LogP contribution < -0.4 is 4.74 Å². The zero-order valence-corrected chi connectivity index (χ0v) is 16.9. The van der Waals surface area contributed by atoms with E-state index in [0.717, 1.165) is 5.56 Å². The molecule has 3 rings (SSSR count). The van der Waals surface area contributed by atoms with Crippen molar-refractivity contribution in [1.82, 2.24) is 10.2 Å². The fourth-order valence-corrected chi connectivity index (χ4v) is 3.37. The Kier molecular flexibility index (Phi) is 5.69. The Morgan fingerprint density at radius 2 is 1.86 bits per heavy atom. The van der Waals surface area contributed by atoms with Gasteiger partial charge in [0.25, 0.3) is 10.9 Å². The number of hydrogen-bond acceptors (Lipinski definition) is 7. The van der Waals surface area contributed by atoms with Crippen molar-refractivity contribution < 1.29 is 14.1 Å². The van der Waals surface area contributed by atoms with Crippen LogP contribution in [0.1, 0.15) is 31.9 Å². The highest BCUT2D eigenvalue weighted by Crippen LogP contribution is 2.32. The topological polar surface area (TPSA) is 91.3 Å². The van der Waals surface area contributed by atoms with E-state index in [4.69, 9.17) is 9.15 Å². The Balaban J connectivity index is 1.73. The quantitative estimate of drug-likeness (QED) is 0.318. The highest BCUT2D eigenvalue weighted by molar-refractivity contribution is 7.98. The third kappa shape index (κ3) is 4.51. The second-order valence-electron chi connectivity index (χ2n) is 7.24. The summed E-state index contributed by atoms with van der Waals surface area (Å²) in [6.45, 7) is 6.48. The summed E-state index contributed by atoms with van der Waals surface area (Å²) >= 11 is 1.30. The molecule has 0 spiro atoms. The average molecular weight is 399 g/mol. The summed E-state index contributed by atoms with van der Waals surface area (Å²) < 4.78 is 11.0. The SMILES string of the molecule is COc1ccc([N+](=O)[O-])cc1CSc1nnc(-c2ccc(C(C)(C)C)cc2)o1. The predicted octanol–water partition coefficient (Wildman–Crippen LogP) is 5.24. The number of nitro groups is 1. The summed E-state index contributed by atoms with van der Waals surface area (Å²) in [5.74, 6) is 1.43. The third-order valence-corrected chi connectivity index (χ3v) is 5.10. The molecule has 0 saturated carbocycles. The first-order valence-corrected chi connectivity index (χ1v) is 9.65. The molecule has 1 aromatic heterocycles. The monoisotopic (exact) mass is 399 g/mol. The van der Waals surface area contributed by atoms with Gasteiger partial charge in [-0.2, -0.15) is 0 Å². The number of ether oxygens (including phenoxy) is 1. The molecule has 0 aliphatic carbocycles. The van der Waals surface area contributed by atoms with Crippen molar-refractivity contribution in [3.63, 3.8) is 0 Å². The number of nitro benzene ring substituents is 1. The van der Waals surface area contributed by atoms with Crippen LogP contribution in [-0.2, 0) is 11.2 Å². The summed E-state index contributed by atoms with van der Waals surface area (Å²) in [7, 11) is 1.53. The number of non-ortho nitro benzene ring substituents is 1. The molecule has 3 aromatic rings. The van der Waals surface area contributed by atoms with Gasteiger partial charge in [0.15, 0.2) is 0 Å². The van der Waals surface area contributed by atoms with Crippen LogP contribution in [0.4, 0.5) is 5.69 Å². The van der Waals surface area contributed by atoms with E-state index >= 15 is 0 Å². The standard InChI is InChI=1S/C20H21N3O4S/c1-20(2,3)15-7-5-13(6-8-15)18-21-22-19(27-18)28-12-14-11-16(23(24)25)9-10-17(14)26-4/h5-11H,12H2,1-4H3. The summed E-state index contributed by atoms with van der Waals surface area (Å²) in [5, 5.41) is 19.5. The van der Waals surface area contributed by atoms with Gasteiger partial charge in [0.2, 0.25) is 5.89 Å². The molecule has 2 aromatic carbocycles. The van der Waals surface area contributed by atoms with Crippen molar-refractivity contribution in [1.29, 1.82) is 0 Å². The van der Waals surface area contributed by atoms with Crippen molar-refractivity contribution >= 4 is 17.4 Å². The Hall–Kier alpha value is -2.87. The van der Waals surface area contributed by atoms with E-state index in [1.807, 2.05) is 12.1 Å². The predicted molar refractivity (Wildman–Crippen MR) is 108 cm³/mol. The van der Waals surface area contributed by atoms with Gasteiger partial charge in [0.05, 0.1) is 12.0 Å². The van der Waals surface area contributed by atoms with Crippen LogP contribution in [0.15, 0.2) is 52.1 Å². The van der Waals surface area contributed by atoms with E-state index in [-0.39, 0.29) is 11.1 Å². The van der Waals surface area contributed by atoms with Crippen molar-refractivity contribution in [3.8, 4) is 17.2 Å². The van der Waals surface area contributed by atoms with Crippen LogP contribution in [0.5, 0.6) is 5.75 Å². The second kappa shape index (κ2) is 8.02. The average Bonchev–Trinajstić information content (AvgIpc) is 3.14. The number of rotatable bonds is 6. The highest BCUT2D eigenvalue weighted by Gasteiger charge is 2.16. The molecule has 28 heavy (non-hydrogen) atoms. The lowest BCUT2D eigenvalue weighted by Gasteiger charge is -2.18. The Bertz CT molecular complexity index is 978. The number of methoxy groups -OCH3 is 1. The number of benzene rings is 2. The van der Waals surface area contributed by atoms with Gasteiger partial charge in [-0.25, -0.2) is 0 Å². The first-order chi connectivity index (χ1) is 13.3. The first kappa shape index (κ1) is 19.9. The van der Waals surface area contributed by atoms with Crippen LogP contribution in [-0.4, -0.2) is 22.2 Å². The molecule has 0 fully saturated rings. The van der Waals surface area contributed by atoms with Gasteiger partial charge in [-0.15, -0.1) is 10.2 Å². The van der Waals surface area contributed by atoms with Crippen LogP contribution in [0.2, 0.25) is 0 Å². The summed E-state index contributed by atoms with van der Waals surface area (Å²) in [6, 6.07) is 12.5. The molecule has 0 radical (unpaired) electrons. The van der Waals surface area contributed by atoms with E-state index in [0.29, 0.717) is 28.2 Å². The molecular weight excluding hydrogens is 378 g/mol. The number of aromatic nitrogens is 2. The zero-order chi connectivity index (χ0) is 20.3. The molecule has 0 saturated heterocycles. The van der Waals surface area contributed by atoms with Gasteiger partial charge in [-0.3, -0.25) is 10.1 Å². The lowest BCUT2D eigenvalue weighted by atomic mass is 9.87. The largest absolute Gasteiger partial charge is 0.496 e. The van der Waals surface area contributed by atoms with Crippen molar-refractivity contribution in [2.45, 2.75) is 37.2 Å². The molecule has 0 amide bonds. The van der Waals surface area contributed by atoms with Crippen LogP contribution >= 0.6 is 11.8 Å². The van der Waals surface area contributed by atoms with Crippen LogP contribution in [0.25, 0.3) is 11.5 Å². The van der Waals surface area contributed by atoms with Crippen LogP contribution in [0.3, 0.4) is 0 Å². The summed E-state index contributed by atoms with van der Waals surface area (Å²) in [6.07, 6.45) is 0. The van der Waals surface area contributed by atoms with Gasteiger partial charge in [-0.1, -0.05) is 44.7 Å².